The fourth-order valence-electron chi connectivity index (χ4n) is 11.0. The third-order valence-electron chi connectivity index (χ3n) is 14.7. The average molecular weight is 967 g/mol. The van der Waals surface area contributed by atoms with Crippen molar-refractivity contribution in [3.05, 3.63) is 288 Å². The van der Waals surface area contributed by atoms with Crippen molar-refractivity contribution in [3.63, 3.8) is 0 Å². The molecule has 0 aliphatic rings. The predicted octanol–water partition coefficient (Wildman–Crippen LogP) is 19.6. The zero-order valence-corrected chi connectivity index (χ0v) is 41.3. The first-order valence-electron chi connectivity index (χ1n) is 25.5. The van der Waals surface area contributed by atoms with Crippen LogP contribution in [0.25, 0.3) is 88.9 Å². The number of rotatable bonds is 10. The van der Waals surface area contributed by atoms with Crippen molar-refractivity contribution in [2.75, 3.05) is 9.80 Å². The van der Waals surface area contributed by atoms with Gasteiger partial charge in [-0.15, -0.1) is 0 Å². The molecule has 0 bridgehead atoms. The van der Waals surface area contributed by atoms with E-state index in [1.807, 2.05) is 36.4 Å². The molecule has 0 aliphatic carbocycles. The van der Waals surface area contributed by atoms with Crippen LogP contribution in [0.5, 0.6) is 0 Å². The number of fused-ring (bicyclic) bond motifs is 6. The summed E-state index contributed by atoms with van der Waals surface area (Å²) < 4.78 is 0. The van der Waals surface area contributed by atoms with Crippen LogP contribution in [0.3, 0.4) is 0 Å². The van der Waals surface area contributed by atoms with Gasteiger partial charge in [0.2, 0.25) is 0 Å². The molecule has 0 heterocycles. The van der Waals surface area contributed by atoms with E-state index in [1.54, 1.807) is 0 Å². The van der Waals surface area contributed by atoms with E-state index < -0.39 is 0 Å². The van der Waals surface area contributed by atoms with E-state index in [4.69, 9.17) is 0 Å². The molecule has 0 atom stereocenters. The summed E-state index contributed by atoms with van der Waals surface area (Å²) in [5.41, 5.74) is 11.6. The highest BCUT2D eigenvalue weighted by molar-refractivity contribution is 6.11. The highest BCUT2D eigenvalue weighted by Gasteiger charge is 2.20. The highest BCUT2D eigenvalue weighted by atomic mass is 15.2. The summed E-state index contributed by atoms with van der Waals surface area (Å²) in [5, 5.41) is 33.9. The van der Waals surface area contributed by atoms with Crippen LogP contribution in [0.4, 0.5) is 34.1 Å². The molecule has 76 heavy (non-hydrogen) atoms. The Morgan fingerprint density at radius 1 is 0.250 bits per heavy atom. The van der Waals surface area contributed by atoms with Crippen LogP contribution in [0, 0.1) is 22.7 Å². The first kappa shape index (κ1) is 45.4. The maximum Gasteiger partial charge on any atom is 0.100 e. The molecule has 354 valence electrons. The summed E-state index contributed by atoms with van der Waals surface area (Å²) >= 11 is 0. The van der Waals surface area contributed by atoms with Gasteiger partial charge in [-0.05, 0) is 104 Å². The van der Waals surface area contributed by atoms with E-state index in [-0.39, 0.29) is 0 Å². The van der Waals surface area contributed by atoms with Crippen molar-refractivity contribution >= 4 is 123 Å². The fraction of sp³-hybridized carbons (Fsp3) is 0. The summed E-state index contributed by atoms with van der Waals surface area (Å²) in [6, 6.07) is 94.4. The average Bonchev–Trinajstić information content (AvgIpc) is 3.49. The smallest absolute Gasteiger partial charge is 0.100 e. The lowest BCUT2D eigenvalue weighted by Crippen LogP contribution is -2.11. The molecule has 4 nitrogen and oxygen atoms in total. The van der Waals surface area contributed by atoms with Crippen LogP contribution in [-0.4, -0.2) is 0 Å². The Hall–Kier alpha value is -10.5. The van der Waals surface area contributed by atoms with Crippen LogP contribution in [0.2, 0.25) is 0 Å². The summed E-state index contributed by atoms with van der Waals surface area (Å²) in [6.45, 7) is 0. The zero-order valence-electron chi connectivity index (χ0n) is 41.3. The normalized spacial score (nSPS) is 11.6. The molecular formula is C72H46N4. The Labute approximate surface area is 441 Å². The van der Waals surface area contributed by atoms with Crippen LogP contribution in [0.15, 0.2) is 255 Å². The van der Waals surface area contributed by atoms with Crippen molar-refractivity contribution in [2.24, 2.45) is 0 Å². The summed E-state index contributed by atoms with van der Waals surface area (Å²) in [7, 11) is 0. The topological polar surface area (TPSA) is 54.1 Å². The maximum absolute atomic E-state index is 10.7. The van der Waals surface area contributed by atoms with Gasteiger partial charge in [0.15, 0.2) is 0 Å². The van der Waals surface area contributed by atoms with Crippen LogP contribution in [-0.2, 0) is 0 Å². The van der Waals surface area contributed by atoms with Gasteiger partial charge < -0.3 is 9.80 Å². The molecule has 13 rings (SSSR count). The molecule has 13 aromatic rings. The summed E-state index contributed by atoms with van der Waals surface area (Å²) in [5.74, 6) is 0. The Morgan fingerprint density at radius 2 is 0.526 bits per heavy atom. The quantitative estimate of drug-likeness (QED) is 0.101. The van der Waals surface area contributed by atoms with Crippen LogP contribution >= 0.6 is 0 Å². The van der Waals surface area contributed by atoms with Gasteiger partial charge >= 0.3 is 0 Å². The fourth-order valence-corrected chi connectivity index (χ4v) is 11.0. The van der Waals surface area contributed by atoms with Crippen molar-refractivity contribution in [3.8, 4) is 12.1 Å². The molecule has 0 saturated carbocycles. The van der Waals surface area contributed by atoms with Gasteiger partial charge in [0.1, 0.15) is 12.1 Å². The van der Waals surface area contributed by atoms with Gasteiger partial charge in [0.25, 0.3) is 0 Å². The molecule has 13 aromatic carbocycles. The van der Waals surface area contributed by atoms with Gasteiger partial charge in [-0.2, -0.15) is 10.5 Å². The second-order valence-corrected chi connectivity index (χ2v) is 19.1. The van der Waals surface area contributed by atoms with Crippen LogP contribution in [0.1, 0.15) is 33.4 Å². The monoisotopic (exact) mass is 966 g/mol. The first-order chi connectivity index (χ1) is 37.6. The highest BCUT2D eigenvalue weighted by Crippen LogP contribution is 2.44. The minimum atomic E-state index is 0.554. The molecule has 0 N–H and O–H groups in total. The molecule has 0 saturated heterocycles. The first-order valence-corrected chi connectivity index (χ1v) is 25.5. The number of hydrogen-bond acceptors (Lipinski definition) is 4. The third-order valence-corrected chi connectivity index (χ3v) is 14.7. The molecule has 0 amide bonds. The number of nitrogens with zero attached hydrogens (tertiary/aromatic N) is 4. The molecule has 0 fully saturated rings. The van der Waals surface area contributed by atoms with Gasteiger partial charge in [0, 0.05) is 54.5 Å². The van der Waals surface area contributed by atoms with Gasteiger partial charge in [-0.3, -0.25) is 0 Å². The van der Waals surface area contributed by atoms with E-state index in [0.29, 0.717) is 11.1 Å². The second kappa shape index (κ2) is 19.5. The summed E-state index contributed by atoms with van der Waals surface area (Å²) in [6.07, 6.45) is 8.35. The Kier molecular flexibility index (Phi) is 11.6. The number of benzene rings is 13. The molecular weight excluding hydrogens is 921 g/mol. The predicted molar refractivity (Wildman–Crippen MR) is 321 cm³/mol. The molecule has 4 heteroatoms. The Balaban J connectivity index is 0.793. The molecule has 0 aliphatic heterocycles. The SMILES string of the molecule is N#Cc1c2ccc(/C=C/c3ccc(N(c4cccc5ccccc45)c4cccc5ccccc45)cc3)cc2c(C#N)c2ccc(/C=C/c3ccc(N(c4cccc5ccccc45)c4cccc5ccccc45)cc3)cc12. The van der Waals surface area contributed by atoms with E-state index in [9.17, 15) is 10.5 Å². The number of anilines is 6. The van der Waals surface area contributed by atoms with Crippen molar-refractivity contribution < 1.29 is 0 Å². The lowest BCUT2D eigenvalue weighted by molar-refractivity contribution is 1.31. The Morgan fingerprint density at radius 3 is 0.842 bits per heavy atom. The number of hydrogen-bond donors (Lipinski definition) is 0. The third kappa shape index (κ3) is 8.23. The lowest BCUT2D eigenvalue weighted by atomic mass is 9.90. The lowest BCUT2D eigenvalue weighted by Gasteiger charge is -2.28. The van der Waals surface area contributed by atoms with E-state index in [0.717, 1.165) is 77.9 Å². The van der Waals surface area contributed by atoms with Crippen molar-refractivity contribution in [1.29, 1.82) is 10.5 Å². The maximum atomic E-state index is 10.7. The van der Waals surface area contributed by atoms with Gasteiger partial charge in [-0.25, -0.2) is 0 Å². The van der Waals surface area contributed by atoms with E-state index in [2.05, 4.69) is 265 Å². The molecule has 0 spiro atoms. The number of nitriles is 2. The van der Waals surface area contributed by atoms with Gasteiger partial charge in [0.05, 0.1) is 33.9 Å². The Bertz CT molecular complexity index is 4080. The molecule has 0 unspecified atom stereocenters. The second-order valence-electron chi connectivity index (χ2n) is 19.1. The van der Waals surface area contributed by atoms with Crippen LogP contribution < -0.4 is 9.80 Å². The molecule has 0 radical (unpaired) electrons. The van der Waals surface area contributed by atoms with E-state index >= 15 is 0 Å². The minimum absolute atomic E-state index is 0.554. The van der Waals surface area contributed by atoms with Crippen molar-refractivity contribution in [2.45, 2.75) is 0 Å². The minimum Gasteiger partial charge on any atom is -0.309 e. The van der Waals surface area contributed by atoms with E-state index in [1.165, 1.54) is 43.1 Å². The zero-order chi connectivity index (χ0) is 51.0. The molecule has 0 aromatic heterocycles. The largest absolute Gasteiger partial charge is 0.309 e. The van der Waals surface area contributed by atoms with Crippen molar-refractivity contribution in [1.82, 2.24) is 0 Å². The van der Waals surface area contributed by atoms with Gasteiger partial charge in [-0.1, -0.05) is 218 Å². The standard InChI is InChI=1S/C72H46N4/c73-47-67-64-44-38-52(32-30-50-35-41-58(42-36-50)76(71-27-11-19-55-15-3-7-23-61(55)71)72-28-12-20-56-16-4-8-24-62(56)72)46-66(64)68(48-74)63-43-37-51(45-65(63)67)31-29-49-33-39-57(40-34-49)75(69-25-9-17-53-13-1-5-21-59(53)69)70-26-10-18-54-14-2-6-22-60(54)70/h1-46H/b31-29+,32-30+. The summed E-state index contributed by atoms with van der Waals surface area (Å²) in [4.78, 5) is 4.71.